The zero-order valence-electron chi connectivity index (χ0n) is 41.3. The van der Waals surface area contributed by atoms with E-state index in [-0.39, 0.29) is 13.2 Å². The molecule has 1 atom stereocenters. The van der Waals surface area contributed by atoms with Crippen LogP contribution in [-0.4, -0.2) is 33.2 Å². The second-order valence-corrected chi connectivity index (χ2v) is 20.9. The third kappa shape index (κ3) is 34.4. The highest BCUT2D eigenvalue weighted by atomic mass is 79.9. The second kappa shape index (κ2) is 38.2. The van der Waals surface area contributed by atoms with Gasteiger partial charge in [0.15, 0.2) is 19.7 Å². The molecule has 0 fully saturated rings. The molecule has 0 spiro atoms. The maximum atomic E-state index is 12.8. The Morgan fingerprint density at radius 3 is 1.33 bits per heavy atom. The topological polar surface area (TPSA) is 68.3 Å². The van der Waals surface area contributed by atoms with Gasteiger partial charge in [0.1, 0.15) is 5.25 Å². The molecule has 2 rings (SSSR count). The molecular formula is C57H83BrO4S2. The second-order valence-electron chi connectivity index (χ2n) is 16.2. The Balaban J connectivity index is -0.000000843. The zero-order chi connectivity index (χ0) is 48.3. The van der Waals surface area contributed by atoms with Crippen molar-refractivity contribution in [2.24, 2.45) is 0 Å². The number of benzene rings is 2. The van der Waals surface area contributed by atoms with E-state index in [1.165, 1.54) is 40.7 Å². The lowest BCUT2D eigenvalue weighted by atomic mass is 10.1. The molecular weight excluding hydrogens is 893 g/mol. The molecule has 4 nitrogen and oxygen atoms in total. The predicted molar refractivity (Wildman–Crippen MR) is 287 cm³/mol. The fraction of sp³-hybridized carbons (Fsp3) is 0.474. The standard InChI is InChI=1S/C21H28O2S.C17H24O2S.C14H22.C4H5Br.CH4/c1-6-8-20(14-11-18(4)10-7-9-17(2)3)24(22,23)21-15-12-19(5)13-16-21;1-14(2)6-5-7-15(3)12-13-20(18,19)17-10-8-16(4)9-11-17;1-5-6-7-8-11-14(4)12-9-10-13(2)3;1-2-3-4-5;/h9,11-13,15-16,20H,7,10,14H2,1-5H3;6,8-12H,5,7,13H2,1-4H3;10-11H,7-9,12H2,1-4H3;4H2,1H3;1H4/b18-11+;15-12+;14-11+;;. The van der Waals surface area contributed by atoms with E-state index in [1.807, 2.05) is 78.0 Å². The van der Waals surface area contributed by atoms with E-state index in [0.29, 0.717) is 16.2 Å². The lowest BCUT2D eigenvalue weighted by molar-refractivity contribution is 0.589. The average Bonchev–Trinajstić information content (AvgIpc) is 3.21. The summed E-state index contributed by atoms with van der Waals surface area (Å²) >= 11 is 3.14. The van der Waals surface area contributed by atoms with E-state index in [2.05, 4.69) is 124 Å². The highest BCUT2D eigenvalue weighted by molar-refractivity contribution is 9.09. The van der Waals surface area contributed by atoms with Gasteiger partial charge in [0, 0.05) is 6.42 Å². The molecule has 7 heteroatoms. The van der Waals surface area contributed by atoms with Crippen molar-refractivity contribution in [3.05, 3.63) is 130 Å². The van der Waals surface area contributed by atoms with Gasteiger partial charge in [-0.3, -0.25) is 0 Å². The first kappa shape index (κ1) is 64.2. The van der Waals surface area contributed by atoms with Gasteiger partial charge >= 0.3 is 0 Å². The van der Waals surface area contributed by atoms with Crippen molar-refractivity contribution in [2.45, 2.75) is 177 Å². The molecule has 0 radical (unpaired) electrons. The van der Waals surface area contributed by atoms with Crippen LogP contribution in [0.5, 0.6) is 0 Å². The van der Waals surface area contributed by atoms with Gasteiger partial charge in [0.2, 0.25) is 0 Å². The van der Waals surface area contributed by atoms with Crippen LogP contribution in [0.25, 0.3) is 0 Å². The fourth-order valence-corrected chi connectivity index (χ4v) is 8.37. The molecule has 0 aliphatic heterocycles. The third-order valence-electron chi connectivity index (χ3n) is 9.20. The van der Waals surface area contributed by atoms with Gasteiger partial charge < -0.3 is 0 Å². The SMILES string of the molecule is C.CC#CC(C/C=C(\C)CCC=C(C)C)S(=O)(=O)c1ccc(C)cc1.CC#CCBr.CC#CCC/C=C(\C)CCC=C(C)C.CC(C)=CCC/C(C)=C/CS(=O)(=O)c1ccc(C)cc1. The van der Waals surface area contributed by atoms with Crippen molar-refractivity contribution in [1.82, 2.24) is 0 Å². The number of aryl methyl sites for hydroxylation is 2. The van der Waals surface area contributed by atoms with E-state index in [4.69, 9.17) is 0 Å². The van der Waals surface area contributed by atoms with Gasteiger partial charge in [-0.15, -0.1) is 23.7 Å². The van der Waals surface area contributed by atoms with Gasteiger partial charge in [-0.1, -0.05) is 140 Å². The van der Waals surface area contributed by atoms with E-state index in [1.54, 1.807) is 31.2 Å². The monoisotopic (exact) mass is 974 g/mol. The minimum Gasteiger partial charge on any atom is -0.223 e. The Bertz CT molecular complexity index is 2220. The lowest BCUT2D eigenvalue weighted by Crippen LogP contribution is -2.19. The molecule has 0 aromatic heterocycles. The Morgan fingerprint density at radius 1 is 0.547 bits per heavy atom. The maximum Gasteiger partial charge on any atom is 0.192 e. The first-order chi connectivity index (χ1) is 29.7. The number of allylic oxidation sites excluding steroid dienone is 11. The first-order valence-electron chi connectivity index (χ1n) is 21.9. The number of rotatable bonds is 18. The third-order valence-corrected chi connectivity index (χ3v) is 13.1. The number of unbranched alkanes of at least 4 members (excludes halogenated alkanes) is 1. The van der Waals surface area contributed by atoms with E-state index < -0.39 is 24.9 Å². The van der Waals surface area contributed by atoms with Crippen LogP contribution in [0.2, 0.25) is 0 Å². The summed E-state index contributed by atoms with van der Waals surface area (Å²) in [5, 5.41) is 0.104. The van der Waals surface area contributed by atoms with Crippen molar-refractivity contribution >= 4 is 35.6 Å². The molecule has 64 heavy (non-hydrogen) atoms. The number of hydrogen-bond acceptors (Lipinski definition) is 4. The Labute approximate surface area is 403 Å². The van der Waals surface area contributed by atoms with E-state index in [9.17, 15) is 16.8 Å². The molecule has 354 valence electrons. The highest BCUT2D eigenvalue weighted by Gasteiger charge is 2.25. The number of hydrogen-bond donors (Lipinski definition) is 0. The van der Waals surface area contributed by atoms with Gasteiger partial charge in [0.25, 0.3) is 0 Å². The van der Waals surface area contributed by atoms with Crippen molar-refractivity contribution in [3.63, 3.8) is 0 Å². The summed E-state index contributed by atoms with van der Waals surface area (Å²) in [6.07, 6.45) is 21.5. The normalized spacial score (nSPS) is 11.4. The lowest BCUT2D eigenvalue weighted by Gasteiger charge is -2.11. The van der Waals surface area contributed by atoms with Crippen LogP contribution in [0, 0.1) is 49.4 Å². The predicted octanol–water partition coefficient (Wildman–Crippen LogP) is 16.2. The Hall–Kier alpha value is -4.06. The maximum absolute atomic E-state index is 12.8. The quantitative estimate of drug-likeness (QED) is 0.0646. The Kier molecular flexibility index (Phi) is 38.4. The summed E-state index contributed by atoms with van der Waals surface area (Å²) < 4.78 is 50.0. The smallest absolute Gasteiger partial charge is 0.192 e. The molecule has 0 saturated heterocycles. The molecule has 0 aliphatic carbocycles. The van der Waals surface area contributed by atoms with Crippen LogP contribution in [0.3, 0.4) is 0 Å². The van der Waals surface area contributed by atoms with Gasteiger partial charge in [-0.05, 0) is 173 Å². The summed E-state index contributed by atoms with van der Waals surface area (Å²) in [7, 11) is -6.64. The minimum absolute atomic E-state index is 0. The molecule has 2 aromatic carbocycles. The molecule has 0 saturated carbocycles. The van der Waals surface area contributed by atoms with Crippen LogP contribution >= 0.6 is 15.9 Å². The van der Waals surface area contributed by atoms with Crippen molar-refractivity contribution < 1.29 is 16.8 Å². The molecule has 0 aliphatic rings. The highest BCUT2D eigenvalue weighted by Crippen LogP contribution is 2.21. The van der Waals surface area contributed by atoms with Crippen LogP contribution in [0.4, 0.5) is 0 Å². The van der Waals surface area contributed by atoms with Crippen molar-refractivity contribution in [1.29, 1.82) is 0 Å². The fourth-order valence-electron chi connectivity index (χ4n) is 5.37. The molecule has 0 heterocycles. The molecule has 0 bridgehead atoms. The van der Waals surface area contributed by atoms with Crippen LogP contribution in [-0.2, 0) is 19.7 Å². The largest absolute Gasteiger partial charge is 0.223 e. The molecule has 1 unspecified atom stereocenters. The van der Waals surface area contributed by atoms with Gasteiger partial charge in [0.05, 0.1) is 20.9 Å². The number of halogens is 1. The first-order valence-corrected chi connectivity index (χ1v) is 26.2. The molecule has 0 amide bonds. The van der Waals surface area contributed by atoms with Gasteiger partial charge in [-0.25, -0.2) is 16.8 Å². The average molecular weight is 976 g/mol. The molecule has 2 aromatic rings. The number of sulfone groups is 2. The van der Waals surface area contributed by atoms with Crippen molar-refractivity contribution in [3.8, 4) is 35.5 Å². The summed E-state index contributed by atoms with van der Waals surface area (Å²) in [5.74, 6) is 17.2. The zero-order valence-corrected chi connectivity index (χ0v) is 44.5. The van der Waals surface area contributed by atoms with E-state index >= 15 is 0 Å². The van der Waals surface area contributed by atoms with Crippen LogP contribution in [0.15, 0.2) is 128 Å². The summed E-state index contributed by atoms with van der Waals surface area (Å²) in [6, 6.07) is 14.0. The summed E-state index contributed by atoms with van der Waals surface area (Å²) in [4.78, 5) is 0.743. The van der Waals surface area contributed by atoms with Crippen molar-refractivity contribution in [2.75, 3.05) is 11.1 Å². The number of alkyl halides is 1. The van der Waals surface area contributed by atoms with Crippen LogP contribution < -0.4 is 0 Å². The summed E-state index contributed by atoms with van der Waals surface area (Å²) in [6.45, 7) is 28.1. The molecule has 0 N–H and O–H groups in total. The summed E-state index contributed by atoms with van der Waals surface area (Å²) in [5.41, 5.74) is 9.94. The minimum atomic E-state index is -3.44. The van der Waals surface area contributed by atoms with E-state index in [0.717, 1.165) is 60.6 Å². The van der Waals surface area contributed by atoms with Gasteiger partial charge in [-0.2, -0.15) is 0 Å². The van der Waals surface area contributed by atoms with Crippen LogP contribution in [0.1, 0.15) is 159 Å². The Morgan fingerprint density at radius 2 is 0.953 bits per heavy atom.